The number of ether oxygens (including phenoxy) is 2. The molecule has 3 nitrogen and oxygen atoms in total. The molecule has 1 aromatic carbocycles. The summed E-state index contributed by atoms with van der Waals surface area (Å²) in [6.45, 7) is 8.49. The van der Waals surface area contributed by atoms with Crippen LogP contribution in [0, 0.1) is 11.8 Å². The predicted octanol–water partition coefficient (Wildman–Crippen LogP) is 3.74. The lowest BCUT2D eigenvalue weighted by Gasteiger charge is -2.17. The molecule has 0 fully saturated rings. The van der Waals surface area contributed by atoms with Crippen LogP contribution in [-0.2, 0) is 6.54 Å². The second-order valence-electron chi connectivity index (χ2n) is 5.17. The molecule has 0 heterocycles. The fourth-order valence-corrected chi connectivity index (χ4v) is 2.06. The van der Waals surface area contributed by atoms with Crippen molar-refractivity contribution >= 4 is 11.6 Å². The van der Waals surface area contributed by atoms with Crippen LogP contribution < -0.4 is 14.8 Å². The van der Waals surface area contributed by atoms with Crippen molar-refractivity contribution < 1.29 is 9.47 Å². The van der Waals surface area contributed by atoms with E-state index in [0.717, 1.165) is 18.7 Å². The Kier molecular flexibility index (Phi) is 6.46. The topological polar surface area (TPSA) is 30.5 Å². The Morgan fingerprint density at radius 2 is 1.84 bits per heavy atom. The molecule has 0 aliphatic carbocycles. The van der Waals surface area contributed by atoms with Gasteiger partial charge >= 0.3 is 0 Å². The van der Waals surface area contributed by atoms with E-state index in [1.807, 2.05) is 12.1 Å². The molecule has 1 N–H and O–H groups in total. The molecular formula is C15H24ClNO2. The molecule has 108 valence electrons. The number of hydrogen-bond acceptors (Lipinski definition) is 3. The number of hydrogen-bond donors (Lipinski definition) is 1. The van der Waals surface area contributed by atoms with Gasteiger partial charge in [-0.3, -0.25) is 0 Å². The van der Waals surface area contributed by atoms with E-state index < -0.39 is 0 Å². The van der Waals surface area contributed by atoms with Gasteiger partial charge in [0.2, 0.25) is 0 Å². The molecule has 0 amide bonds. The normalized spacial score (nSPS) is 12.6. The Morgan fingerprint density at radius 1 is 1.16 bits per heavy atom. The molecule has 1 unspecified atom stereocenters. The largest absolute Gasteiger partial charge is 0.493 e. The summed E-state index contributed by atoms with van der Waals surface area (Å²) in [7, 11) is 3.21. The molecule has 0 aromatic heterocycles. The van der Waals surface area contributed by atoms with E-state index in [4.69, 9.17) is 21.1 Å². The van der Waals surface area contributed by atoms with Crippen LogP contribution in [0.5, 0.6) is 11.5 Å². The molecule has 4 heteroatoms. The lowest BCUT2D eigenvalue weighted by molar-refractivity contribution is 0.354. The van der Waals surface area contributed by atoms with Gasteiger partial charge in [0, 0.05) is 6.54 Å². The maximum atomic E-state index is 6.17. The molecule has 19 heavy (non-hydrogen) atoms. The van der Waals surface area contributed by atoms with Crippen LogP contribution in [0.15, 0.2) is 12.1 Å². The summed E-state index contributed by atoms with van der Waals surface area (Å²) in [6.07, 6.45) is 0. The van der Waals surface area contributed by atoms with Crippen LogP contribution in [0.3, 0.4) is 0 Å². The zero-order valence-electron chi connectivity index (χ0n) is 12.4. The monoisotopic (exact) mass is 285 g/mol. The number of benzene rings is 1. The van der Waals surface area contributed by atoms with Crippen molar-refractivity contribution in [3.63, 3.8) is 0 Å². The maximum Gasteiger partial charge on any atom is 0.179 e. The van der Waals surface area contributed by atoms with Gasteiger partial charge in [-0.05, 0) is 36.1 Å². The Bertz CT molecular complexity index is 407. The van der Waals surface area contributed by atoms with E-state index in [1.165, 1.54) is 0 Å². The van der Waals surface area contributed by atoms with E-state index >= 15 is 0 Å². The number of nitrogens with one attached hydrogen (secondary N) is 1. The van der Waals surface area contributed by atoms with Gasteiger partial charge in [0.25, 0.3) is 0 Å². The van der Waals surface area contributed by atoms with Crippen molar-refractivity contribution in [3.8, 4) is 11.5 Å². The average molecular weight is 286 g/mol. The van der Waals surface area contributed by atoms with E-state index in [0.29, 0.717) is 28.4 Å². The third-order valence-corrected chi connectivity index (χ3v) is 3.71. The van der Waals surface area contributed by atoms with Crippen LogP contribution in [0.4, 0.5) is 0 Å². The van der Waals surface area contributed by atoms with Crippen LogP contribution >= 0.6 is 11.6 Å². The standard InChI is InChI=1S/C15H24ClNO2/c1-10(2)11(3)8-17-9-12-6-13(16)15(19-5)14(7-12)18-4/h6-7,10-11,17H,8-9H2,1-5H3. The Morgan fingerprint density at radius 3 is 2.37 bits per heavy atom. The SMILES string of the molecule is COc1cc(CNCC(C)C(C)C)cc(Cl)c1OC. The number of rotatable bonds is 7. The minimum absolute atomic E-state index is 0.579. The predicted molar refractivity (Wildman–Crippen MR) is 80.3 cm³/mol. The summed E-state index contributed by atoms with van der Waals surface area (Å²) < 4.78 is 10.5. The Hall–Kier alpha value is -0.930. The quantitative estimate of drug-likeness (QED) is 0.828. The van der Waals surface area contributed by atoms with Crippen molar-refractivity contribution in [1.82, 2.24) is 5.32 Å². The van der Waals surface area contributed by atoms with E-state index in [1.54, 1.807) is 14.2 Å². The van der Waals surface area contributed by atoms with Crippen LogP contribution in [0.25, 0.3) is 0 Å². The highest BCUT2D eigenvalue weighted by Gasteiger charge is 2.11. The average Bonchev–Trinajstić information content (AvgIpc) is 2.37. The van der Waals surface area contributed by atoms with Gasteiger partial charge in [0.1, 0.15) is 0 Å². The highest BCUT2D eigenvalue weighted by atomic mass is 35.5. The molecule has 0 spiro atoms. The van der Waals surface area contributed by atoms with Crippen LogP contribution in [0.1, 0.15) is 26.3 Å². The molecular weight excluding hydrogens is 262 g/mol. The molecule has 0 aliphatic heterocycles. The van der Waals surface area contributed by atoms with E-state index in [9.17, 15) is 0 Å². The highest BCUT2D eigenvalue weighted by Crippen LogP contribution is 2.35. The zero-order valence-corrected chi connectivity index (χ0v) is 13.2. The molecule has 0 saturated heterocycles. The molecule has 1 rings (SSSR count). The highest BCUT2D eigenvalue weighted by molar-refractivity contribution is 6.32. The lowest BCUT2D eigenvalue weighted by atomic mass is 9.98. The molecule has 0 radical (unpaired) electrons. The maximum absolute atomic E-state index is 6.17. The van der Waals surface area contributed by atoms with Crippen molar-refractivity contribution in [2.75, 3.05) is 20.8 Å². The summed E-state index contributed by atoms with van der Waals surface area (Å²) in [5.41, 5.74) is 1.10. The molecule has 0 saturated carbocycles. The third kappa shape index (κ3) is 4.59. The fourth-order valence-electron chi connectivity index (χ4n) is 1.75. The smallest absolute Gasteiger partial charge is 0.179 e. The summed E-state index contributed by atoms with van der Waals surface area (Å²) in [5, 5.41) is 4.02. The summed E-state index contributed by atoms with van der Waals surface area (Å²) in [5.74, 6) is 2.59. The van der Waals surface area contributed by atoms with Crippen molar-refractivity contribution in [2.45, 2.75) is 27.3 Å². The molecule has 1 atom stereocenters. The summed E-state index contributed by atoms with van der Waals surface area (Å²) in [6, 6.07) is 3.87. The van der Waals surface area contributed by atoms with Gasteiger partial charge < -0.3 is 14.8 Å². The van der Waals surface area contributed by atoms with Crippen molar-refractivity contribution in [3.05, 3.63) is 22.7 Å². The molecule has 0 bridgehead atoms. The lowest BCUT2D eigenvalue weighted by Crippen LogP contribution is -2.23. The van der Waals surface area contributed by atoms with Gasteiger partial charge in [-0.25, -0.2) is 0 Å². The first-order valence-corrected chi connectivity index (χ1v) is 6.98. The first-order valence-electron chi connectivity index (χ1n) is 6.60. The van der Waals surface area contributed by atoms with Gasteiger partial charge in [-0.1, -0.05) is 32.4 Å². The van der Waals surface area contributed by atoms with Crippen molar-refractivity contribution in [1.29, 1.82) is 0 Å². The minimum Gasteiger partial charge on any atom is -0.493 e. The van der Waals surface area contributed by atoms with Gasteiger partial charge in [0.15, 0.2) is 11.5 Å². The number of methoxy groups -OCH3 is 2. The van der Waals surface area contributed by atoms with Gasteiger partial charge in [-0.15, -0.1) is 0 Å². The summed E-state index contributed by atoms with van der Waals surface area (Å²) in [4.78, 5) is 0. The van der Waals surface area contributed by atoms with Gasteiger partial charge in [-0.2, -0.15) is 0 Å². The van der Waals surface area contributed by atoms with Gasteiger partial charge in [0.05, 0.1) is 19.2 Å². The third-order valence-electron chi connectivity index (χ3n) is 3.43. The second-order valence-corrected chi connectivity index (χ2v) is 5.57. The van der Waals surface area contributed by atoms with Crippen molar-refractivity contribution in [2.24, 2.45) is 11.8 Å². The van der Waals surface area contributed by atoms with E-state index in [-0.39, 0.29) is 0 Å². The molecule has 0 aliphatic rings. The first-order chi connectivity index (χ1) is 8.99. The van der Waals surface area contributed by atoms with Crippen LogP contribution in [0.2, 0.25) is 5.02 Å². The summed E-state index contributed by atoms with van der Waals surface area (Å²) >= 11 is 6.17. The van der Waals surface area contributed by atoms with E-state index in [2.05, 4.69) is 26.1 Å². The molecule has 1 aromatic rings. The van der Waals surface area contributed by atoms with Crippen LogP contribution in [-0.4, -0.2) is 20.8 Å². The minimum atomic E-state index is 0.579. The Labute approximate surface area is 121 Å². The first kappa shape index (κ1) is 16.1. The fraction of sp³-hybridized carbons (Fsp3) is 0.600. The number of halogens is 1. The Balaban J connectivity index is 2.67. The second kappa shape index (κ2) is 7.61. The zero-order chi connectivity index (χ0) is 14.4.